The summed E-state index contributed by atoms with van der Waals surface area (Å²) in [6, 6.07) is 10.4. The lowest BCUT2D eigenvalue weighted by Crippen LogP contribution is -2.52. The summed E-state index contributed by atoms with van der Waals surface area (Å²) >= 11 is 0. The third kappa shape index (κ3) is 7.98. The largest absolute Gasteiger partial charge is 0.497 e. The molecule has 3 N–H and O–H groups in total. The van der Waals surface area contributed by atoms with E-state index in [9.17, 15) is 19.5 Å². The standard InChI is InChI=1S/C27H37N3O6/c1-17-8-9-18(2)22(16-17)23(24(32)29-20-10-12-21(35-7)13-11-20)30(14-15-31)25(33)19(3)28-26(34)36-27(4,5)6/h8-13,16,19,23,31H,14-15H2,1-7H3,(H,28,34)(H,29,32). The van der Waals surface area contributed by atoms with Crippen molar-refractivity contribution in [1.82, 2.24) is 10.2 Å². The zero-order chi connectivity index (χ0) is 27.0. The summed E-state index contributed by atoms with van der Waals surface area (Å²) in [6.45, 7) is 9.93. The van der Waals surface area contributed by atoms with Gasteiger partial charge in [0.05, 0.1) is 13.7 Å². The normalized spacial score (nSPS) is 12.8. The first-order valence-electron chi connectivity index (χ1n) is 11.8. The topological polar surface area (TPSA) is 117 Å². The molecule has 0 aliphatic heterocycles. The van der Waals surface area contributed by atoms with Crippen molar-refractivity contribution < 1.29 is 29.0 Å². The molecular formula is C27H37N3O6. The molecule has 0 aliphatic carbocycles. The maximum Gasteiger partial charge on any atom is 0.408 e. The molecule has 3 amide bonds. The average Bonchev–Trinajstić information content (AvgIpc) is 2.79. The Bertz CT molecular complexity index is 1060. The van der Waals surface area contributed by atoms with Gasteiger partial charge in [-0.3, -0.25) is 9.59 Å². The van der Waals surface area contributed by atoms with Crippen LogP contribution >= 0.6 is 0 Å². The highest BCUT2D eigenvalue weighted by Crippen LogP contribution is 2.28. The molecule has 2 aromatic carbocycles. The fourth-order valence-electron chi connectivity index (χ4n) is 3.66. The highest BCUT2D eigenvalue weighted by atomic mass is 16.6. The lowest BCUT2D eigenvalue weighted by atomic mass is 9.96. The minimum atomic E-state index is -1.06. The van der Waals surface area contributed by atoms with Crippen LogP contribution < -0.4 is 15.4 Å². The number of hydrogen-bond acceptors (Lipinski definition) is 6. The number of rotatable bonds is 9. The number of methoxy groups -OCH3 is 1. The van der Waals surface area contributed by atoms with Gasteiger partial charge in [-0.1, -0.05) is 23.8 Å². The maximum atomic E-state index is 13.7. The van der Waals surface area contributed by atoms with Gasteiger partial charge in [0, 0.05) is 12.2 Å². The van der Waals surface area contributed by atoms with Gasteiger partial charge in [0.15, 0.2) is 0 Å². The number of aliphatic hydroxyl groups excluding tert-OH is 1. The van der Waals surface area contributed by atoms with Gasteiger partial charge in [0.1, 0.15) is 23.4 Å². The lowest BCUT2D eigenvalue weighted by molar-refractivity contribution is -0.141. The Hall–Kier alpha value is -3.59. The van der Waals surface area contributed by atoms with Gasteiger partial charge in [0.25, 0.3) is 5.91 Å². The van der Waals surface area contributed by atoms with E-state index in [0.717, 1.165) is 11.1 Å². The molecule has 9 nitrogen and oxygen atoms in total. The predicted octanol–water partition coefficient (Wildman–Crippen LogP) is 3.73. The first-order chi connectivity index (χ1) is 16.9. The van der Waals surface area contributed by atoms with Gasteiger partial charge in [-0.2, -0.15) is 0 Å². The van der Waals surface area contributed by atoms with Crippen molar-refractivity contribution in [2.75, 3.05) is 25.6 Å². The molecule has 0 heterocycles. The maximum absolute atomic E-state index is 13.7. The summed E-state index contributed by atoms with van der Waals surface area (Å²) in [5.41, 5.74) is 2.12. The molecular weight excluding hydrogens is 462 g/mol. The van der Waals surface area contributed by atoms with E-state index >= 15 is 0 Å². The van der Waals surface area contributed by atoms with Crippen LogP contribution in [0.5, 0.6) is 5.75 Å². The summed E-state index contributed by atoms with van der Waals surface area (Å²) in [5, 5.41) is 15.2. The van der Waals surface area contributed by atoms with E-state index in [4.69, 9.17) is 9.47 Å². The number of hydrogen-bond donors (Lipinski definition) is 3. The number of benzene rings is 2. The van der Waals surface area contributed by atoms with E-state index in [1.165, 1.54) is 11.8 Å². The Balaban J connectivity index is 2.43. The molecule has 2 unspecified atom stereocenters. The van der Waals surface area contributed by atoms with Crippen LogP contribution in [0.4, 0.5) is 10.5 Å². The highest BCUT2D eigenvalue weighted by Gasteiger charge is 2.35. The molecule has 0 bridgehead atoms. The molecule has 2 rings (SSSR count). The zero-order valence-corrected chi connectivity index (χ0v) is 22.0. The van der Waals surface area contributed by atoms with Crippen LogP contribution in [0.2, 0.25) is 0 Å². The van der Waals surface area contributed by atoms with E-state index in [2.05, 4.69) is 10.6 Å². The molecule has 0 fully saturated rings. The number of carbonyl (C=O) groups is 3. The Morgan fingerprint density at radius 2 is 1.69 bits per heavy atom. The van der Waals surface area contributed by atoms with Crippen LogP contribution in [-0.2, 0) is 14.3 Å². The number of alkyl carbamates (subject to hydrolysis) is 1. The van der Waals surface area contributed by atoms with Gasteiger partial charge in [-0.15, -0.1) is 0 Å². The Morgan fingerprint density at radius 3 is 2.25 bits per heavy atom. The molecule has 0 saturated heterocycles. The van der Waals surface area contributed by atoms with Crippen LogP contribution in [0.25, 0.3) is 0 Å². The van der Waals surface area contributed by atoms with Crippen molar-refractivity contribution in [1.29, 1.82) is 0 Å². The summed E-state index contributed by atoms with van der Waals surface area (Å²) < 4.78 is 10.4. The summed E-state index contributed by atoms with van der Waals surface area (Å²) in [4.78, 5) is 40.7. The quantitative estimate of drug-likeness (QED) is 0.484. The lowest BCUT2D eigenvalue weighted by Gasteiger charge is -2.34. The molecule has 0 aliphatic rings. The van der Waals surface area contributed by atoms with Gasteiger partial charge in [0.2, 0.25) is 5.91 Å². The average molecular weight is 500 g/mol. The number of nitrogens with one attached hydrogen (secondary N) is 2. The zero-order valence-electron chi connectivity index (χ0n) is 22.0. The number of nitrogens with zero attached hydrogens (tertiary/aromatic N) is 1. The third-order valence-electron chi connectivity index (χ3n) is 5.37. The van der Waals surface area contributed by atoms with Crippen LogP contribution in [0, 0.1) is 13.8 Å². The monoisotopic (exact) mass is 499 g/mol. The van der Waals surface area contributed by atoms with Gasteiger partial charge in [-0.25, -0.2) is 4.79 Å². The molecule has 36 heavy (non-hydrogen) atoms. The van der Waals surface area contributed by atoms with E-state index < -0.39 is 35.6 Å². The molecule has 0 aromatic heterocycles. The van der Waals surface area contributed by atoms with Crippen molar-refractivity contribution in [2.45, 2.75) is 59.2 Å². The van der Waals surface area contributed by atoms with Crippen molar-refractivity contribution in [3.05, 3.63) is 59.2 Å². The molecule has 2 atom stereocenters. The fraction of sp³-hybridized carbons (Fsp3) is 0.444. The SMILES string of the molecule is COc1ccc(NC(=O)C(c2cc(C)ccc2C)N(CCO)C(=O)C(C)NC(=O)OC(C)(C)C)cc1. The van der Waals surface area contributed by atoms with Gasteiger partial charge in [-0.05, 0) is 76.9 Å². The summed E-state index contributed by atoms with van der Waals surface area (Å²) in [5.74, 6) is -0.357. The van der Waals surface area contributed by atoms with Crippen molar-refractivity contribution >= 4 is 23.6 Å². The second kappa shape index (κ2) is 12.4. The minimum absolute atomic E-state index is 0.118. The molecule has 2 aromatic rings. The number of aliphatic hydroxyl groups is 1. The summed E-state index contributed by atoms with van der Waals surface area (Å²) in [6.07, 6.45) is -0.752. The van der Waals surface area contributed by atoms with Crippen LogP contribution in [-0.4, -0.2) is 59.8 Å². The molecule has 9 heteroatoms. The molecule has 196 valence electrons. The molecule has 0 saturated carbocycles. The number of carbonyl (C=O) groups excluding carboxylic acids is 3. The highest BCUT2D eigenvalue weighted by molar-refractivity contribution is 5.99. The molecule has 0 radical (unpaired) electrons. The number of amides is 3. The smallest absolute Gasteiger partial charge is 0.408 e. The Kier molecular flexibility index (Phi) is 9.86. The summed E-state index contributed by atoms with van der Waals surface area (Å²) in [7, 11) is 1.55. The van der Waals surface area contributed by atoms with E-state index in [0.29, 0.717) is 17.0 Å². The fourth-order valence-corrected chi connectivity index (χ4v) is 3.66. The van der Waals surface area contributed by atoms with Crippen LogP contribution in [0.3, 0.4) is 0 Å². The van der Waals surface area contributed by atoms with Crippen molar-refractivity contribution in [3.8, 4) is 5.75 Å². The van der Waals surface area contributed by atoms with Gasteiger partial charge >= 0.3 is 6.09 Å². The van der Waals surface area contributed by atoms with E-state index in [-0.39, 0.29) is 13.2 Å². The van der Waals surface area contributed by atoms with Crippen LogP contribution in [0.1, 0.15) is 50.4 Å². The second-order valence-corrected chi connectivity index (χ2v) is 9.60. The van der Waals surface area contributed by atoms with E-state index in [1.807, 2.05) is 32.0 Å². The third-order valence-corrected chi connectivity index (χ3v) is 5.37. The first kappa shape index (κ1) is 28.6. The van der Waals surface area contributed by atoms with Crippen molar-refractivity contribution in [3.63, 3.8) is 0 Å². The number of anilines is 1. The minimum Gasteiger partial charge on any atom is -0.497 e. The van der Waals surface area contributed by atoms with E-state index in [1.54, 1.807) is 52.1 Å². The Labute approximate surface area is 212 Å². The first-order valence-corrected chi connectivity index (χ1v) is 11.8. The van der Waals surface area contributed by atoms with Crippen LogP contribution in [0.15, 0.2) is 42.5 Å². The Morgan fingerprint density at radius 1 is 1.06 bits per heavy atom. The number of ether oxygens (including phenoxy) is 2. The number of aryl methyl sites for hydroxylation is 2. The molecule has 0 spiro atoms. The van der Waals surface area contributed by atoms with Crippen molar-refractivity contribution in [2.24, 2.45) is 0 Å². The predicted molar refractivity (Wildman–Crippen MR) is 138 cm³/mol. The second-order valence-electron chi connectivity index (χ2n) is 9.60. The van der Waals surface area contributed by atoms with Gasteiger partial charge < -0.3 is 30.1 Å².